The van der Waals surface area contributed by atoms with E-state index in [0.29, 0.717) is 35.8 Å². The van der Waals surface area contributed by atoms with Crippen LogP contribution in [0.25, 0.3) is 11.3 Å². The Labute approximate surface area is 187 Å². The van der Waals surface area contributed by atoms with Crippen molar-refractivity contribution in [1.82, 2.24) is 9.88 Å². The van der Waals surface area contributed by atoms with Crippen LogP contribution in [0.2, 0.25) is 0 Å². The van der Waals surface area contributed by atoms with Crippen molar-refractivity contribution in [2.45, 2.75) is 25.5 Å². The molecule has 1 aromatic heterocycles. The van der Waals surface area contributed by atoms with Crippen molar-refractivity contribution in [1.29, 1.82) is 0 Å². The van der Waals surface area contributed by atoms with Gasteiger partial charge in [-0.2, -0.15) is 0 Å². The summed E-state index contributed by atoms with van der Waals surface area (Å²) < 4.78 is 5.37. The number of anilines is 1. The number of nitrogens with one attached hydrogen (secondary N) is 1. The number of carbonyl (C=O) groups excluding carboxylic acids is 2. The second-order valence-electron chi connectivity index (χ2n) is 7.23. The number of hydrogen-bond acceptors (Lipinski definition) is 7. The van der Waals surface area contributed by atoms with Crippen LogP contribution in [0.4, 0.5) is 15.6 Å². The fourth-order valence-electron chi connectivity index (χ4n) is 3.49. The zero-order chi connectivity index (χ0) is 22.5. The second-order valence-corrected chi connectivity index (χ2v) is 8.08. The zero-order valence-electron chi connectivity index (χ0n) is 17.0. The number of benzene rings is 2. The van der Waals surface area contributed by atoms with Crippen LogP contribution in [0.3, 0.4) is 0 Å². The van der Waals surface area contributed by atoms with Crippen LogP contribution in [-0.4, -0.2) is 39.4 Å². The normalized spacial score (nSPS) is 15.4. The number of rotatable bonds is 6. The zero-order valence-corrected chi connectivity index (χ0v) is 17.8. The number of carbonyl (C=O) groups is 2. The maximum absolute atomic E-state index is 12.8. The molecule has 0 saturated carbocycles. The SMILES string of the molecule is O=C(Nc1nc(-c2cccc([N+](=O)[O-])c2)cs1)[C@H]1CCCN1C(=O)OCc1ccccc1. The number of nitro benzene ring substituents is 1. The number of thiazole rings is 1. The van der Waals surface area contributed by atoms with Gasteiger partial charge in [0.1, 0.15) is 12.6 Å². The van der Waals surface area contributed by atoms with Crippen molar-refractivity contribution >= 4 is 34.2 Å². The summed E-state index contributed by atoms with van der Waals surface area (Å²) >= 11 is 1.22. The quantitative estimate of drug-likeness (QED) is 0.436. The Morgan fingerprint density at radius 3 is 2.81 bits per heavy atom. The maximum Gasteiger partial charge on any atom is 0.410 e. The molecule has 4 rings (SSSR count). The third kappa shape index (κ3) is 4.92. The first kappa shape index (κ1) is 21.4. The standard InChI is InChI=1S/C22H20N4O5S/c27-20(19-10-5-11-25(19)22(28)31-13-15-6-2-1-3-7-15)24-21-23-18(14-32-21)16-8-4-9-17(12-16)26(29)30/h1-4,6-9,12,14,19H,5,10-11,13H2,(H,23,24,27)/t19-/m1/s1. The summed E-state index contributed by atoms with van der Waals surface area (Å²) in [6.07, 6.45) is 0.716. The number of nitro groups is 1. The van der Waals surface area contributed by atoms with Crippen LogP contribution in [-0.2, 0) is 16.1 Å². The third-order valence-electron chi connectivity index (χ3n) is 5.08. The number of non-ortho nitro benzene ring substituents is 1. The number of ether oxygens (including phenoxy) is 1. The summed E-state index contributed by atoms with van der Waals surface area (Å²) in [5.41, 5.74) is 1.96. The smallest absolute Gasteiger partial charge is 0.410 e. The highest BCUT2D eigenvalue weighted by molar-refractivity contribution is 7.14. The number of likely N-dealkylation sites (tertiary alicyclic amines) is 1. The molecule has 164 valence electrons. The molecule has 32 heavy (non-hydrogen) atoms. The molecule has 9 nitrogen and oxygen atoms in total. The Bertz CT molecular complexity index is 1130. The molecule has 1 saturated heterocycles. The fraction of sp³-hybridized carbons (Fsp3) is 0.227. The maximum atomic E-state index is 12.8. The van der Waals surface area contributed by atoms with Crippen LogP contribution in [0.5, 0.6) is 0 Å². The van der Waals surface area contributed by atoms with Crippen molar-refractivity contribution in [3.8, 4) is 11.3 Å². The highest BCUT2D eigenvalue weighted by Crippen LogP contribution is 2.28. The van der Waals surface area contributed by atoms with Crippen molar-refractivity contribution in [2.75, 3.05) is 11.9 Å². The lowest BCUT2D eigenvalue weighted by atomic mass is 10.1. The van der Waals surface area contributed by atoms with Gasteiger partial charge in [-0.25, -0.2) is 9.78 Å². The van der Waals surface area contributed by atoms with Crippen molar-refractivity contribution < 1.29 is 19.2 Å². The van der Waals surface area contributed by atoms with E-state index in [0.717, 1.165) is 5.56 Å². The topological polar surface area (TPSA) is 115 Å². The molecule has 2 aromatic carbocycles. The Morgan fingerprint density at radius 2 is 2.03 bits per heavy atom. The Morgan fingerprint density at radius 1 is 1.22 bits per heavy atom. The van der Waals surface area contributed by atoms with Gasteiger partial charge in [0.2, 0.25) is 5.91 Å². The number of amides is 2. The molecule has 0 spiro atoms. The van der Waals surface area contributed by atoms with E-state index in [9.17, 15) is 19.7 Å². The lowest BCUT2D eigenvalue weighted by Gasteiger charge is -2.22. The molecular formula is C22H20N4O5S. The van der Waals surface area contributed by atoms with Gasteiger partial charge in [0.15, 0.2) is 5.13 Å². The van der Waals surface area contributed by atoms with Gasteiger partial charge in [0.25, 0.3) is 5.69 Å². The van der Waals surface area contributed by atoms with E-state index in [1.54, 1.807) is 17.5 Å². The summed E-state index contributed by atoms with van der Waals surface area (Å²) in [4.78, 5) is 41.6. The van der Waals surface area contributed by atoms with E-state index < -0.39 is 17.1 Å². The van der Waals surface area contributed by atoms with Crippen LogP contribution in [0.15, 0.2) is 60.0 Å². The molecule has 1 fully saturated rings. The molecule has 0 bridgehead atoms. The highest BCUT2D eigenvalue weighted by atomic mass is 32.1. The van der Waals surface area contributed by atoms with Gasteiger partial charge < -0.3 is 10.1 Å². The van der Waals surface area contributed by atoms with E-state index in [1.807, 2.05) is 30.3 Å². The van der Waals surface area contributed by atoms with E-state index in [1.165, 1.54) is 28.4 Å². The largest absolute Gasteiger partial charge is 0.445 e. The van der Waals surface area contributed by atoms with Crippen LogP contribution < -0.4 is 5.32 Å². The Kier molecular flexibility index (Phi) is 6.41. The Balaban J connectivity index is 1.38. The molecule has 1 N–H and O–H groups in total. The minimum atomic E-state index is -0.636. The van der Waals surface area contributed by atoms with Gasteiger partial charge >= 0.3 is 6.09 Å². The molecule has 3 aromatic rings. The summed E-state index contributed by atoms with van der Waals surface area (Å²) in [6, 6.07) is 14.9. The van der Waals surface area contributed by atoms with Gasteiger partial charge in [-0.05, 0) is 18.4 Å². The first-order valence-corrected chi connectivity index (χ1v) is 10.9. The van der Waals surface area contributed by atoms with Crippen molar-refractivity contribution in [2.24, 2.45) is 0 Å². The summed E-state index contributed by atoms with van der Waals surface area (Å²) in [6.45, 7) is 0.589. The molecule has 0 radical (unpaired) electrons. The van der Waals surface area contributed by atoms with Gasteiger partial charge in [-0.15, -0.1) is 11.3 Å². The highest BCUT2D eigenvalue weighted by Gasteiger charge is 2.35. The summed E-state index contributed by atoms with van der Waals surface area (Å²) in [5.74, 6) is -0.334. The van der Waals surface area contributed by atoms with E-state index in [4.69, 9.17) is 4.74 Å². The molecule has 2 amide bonds. The van der Waals surface area contributed by atoms with Crippen molar-refractivity contribution in [3.63, 3.8) is 0 Å². The summed E-state index contributed by atoms with van der Waals surface area (Å²) in [7, 11) is 0. The van der Waals surface area contributed by atoms with E-state index in [-0.39, 0.29) is 18.2 Å². The Hall–Kier alpha value is -3.79. The number of nitrogens with zero attached hydrogens (tertiary/aromatic N) is 3. The van der Waals surface area contributed by atoms with Crippen LogP contribution in [0.1, 0.15) is 18.4 Å². The second kappa shape index (κ2) is 9.56. The molecule has 1 atom stereocenters. The number of hydrogen-bond donors (Lipinski definition) is 1. The molecule has 0 unspecified atom stereocenters. The van der Waals surface area contributed by atoms with E-state index >= 15 is 0 Å². The molecule has 1 aliphatic heterocycles. The lowest BCUT2D eigenvalue weighted by Crippen LogP contribution is -2.43. The average Bonchev–Trinajstić information content (AvgIpc) is 3.48. The first-order chi connectivity index (χ1) is 15.5. The first-order valence-electron chi connectivity index (χ1n) is 10.00. The van der Waals surface area contributed by atoms with Gasteiger partial charge in [0.05, 0.1) is 10.6 Å². The molecule has 10 heteroatoms. The minimum absolute atomic E-state index is 0.0308. The predicted octanol–water partition coefficient (Wildman–Crippen LogP) is 4.46. The molecule has 1 aliphatic rings. The fourth-order valence-corrected chi connectivity index (χ4v) is 4.21. The van der Waals surface area contributed by atoms with Gasteiger partial charge in [-0.3, -0.25) is 19.8 Å². The average molecular weight is 452 g/mol. The number of aromatic nitrogens is 1. The molecule has 0 aliphatic carbocycles. The van der Waals surface area contributed by atoms with Crippen LogP contribution in [0, 0.1) is 10.1 Å². The van der Waals surface area contributed by atoms with E-state index in [2.05, 4.69) is 10.3 Å². The third-order valence-corrected chi connectivity index (χ3v) is 5.84. The van der Waals surface area contributed by atoms with Crippen LogP contribution >= 0.6 is 11.3 Å². The van der Waals surface area contributed by atoms with Crippen molar-refractivity contribution in [3.05, 3.63) is 75.7 Å². The minimum Gasteiger partial charge on any atom is -0.445 e. The van der Waals surface area contributed by atoms with Gasteiger partial charge in [-0.1, -0.05) is 42.5 Å². The lowest BCUT2D eigenvalue weighted by molar-refractivity contribution is -0.384. The summed E-state index contributed by atoms with van der Waals surface area (Å²) in [5, 5.41) is 15.8. The monoisotopic (exact) mass is 452 g/mol. The molecular weight excluding hydrogens is 432 g/mol. The van der Waals surface area contributed by atoms with Gasteiger partial charge in [0, 0.05) is 29.6 Å². The molecule has 2 heterocycles. The predicted molar refractivity (Wildman–Crippen MR) is 119 cm³/mol.